The second-order valence-electron chi connectivity index (χ2n) is 6.13. The molecule has 0 atom stereocenters. The Hall–Kier alpha value is -2.80. The van der Waals surface area contributed by atoms with E-state index in [1.165, 1.54) is 0 Å². The fourth-order valence-corrected chi connectivity index (χ4v) is 3.32. The van der Waals surface area contributed by atoms with Gasteiger partial charge in [0.25, 0.3) is 5.91 Å². The number of halogens is 2. The molecule has 0 spiro atoms. The van der Waals surface area contributed by atoms with Crippen molar-refractivity contribution in [3.63, 3.8) is 0 Å². The van der Waals surface area contributed by atoms with Gasteiger partial charge < -0.3 is 14.8 Å². The van der Waals surface area contributed by atoms with Crippen LogP contribution < -0.4 is 20.1 Å². The van der Waals surface area contributed by atoms with E-state index in [-0.39, 0.29) is 17.6 Å². The molecule has 8 heteroatoms. The van der Waals surface area contributed by atoms with Gasteiger partial charge in [-0.1, -0.05) is 47.5 Å². The van der Waals surface area contributed by atoms with Gasteiger partial charge in [0.05, 0.1) is 22.8 Å². The van der Waals surface area contributed by atoms with Gasteiger partial charge in [0.1, 0.15) is 18.1 Å². The third kappa shape index (κ3) is 5.63. The lowest BCUT2D eigenvalue weighted by molar-refractivity contribution is 0.0975. The maximum Gasteiger partial charge on any atom is 0.257 e. The van der Waals surface area contributed by atoms with E-state index in [4.69, 9.17) is 44.9 Å². The van der Waals surface area contributed by atoms with Crippen molar-refractivity contribution in [1.29, 1.82) is 0 Å². The molecule has 2 N–H and O–H groups in total. The van der Waals surface area contributed by atoms with Crippen LogP contribution in [-0.4, -0.2) is 18.1 Å². The van der Waals surface area contributed by atoms with Crippen molar-refractivity contribution in [2.45, 2.75) is 6.61 Å². The Morgan fingerprint density at radius 3 is 2.23 bits per heavy atom. The van der Waals surface area contributed by atoms with Crippen LogP contribution in [-0.2, 0) is 6.61 Å². The van der Waals surface area contributed by atoms with E-state index in [0.717, 1.165) is 5.75 Å². The summed E-state index contributed by atoms with van der Waals surface area (Å²) in [4.78, 5) is 12.8. The van der Waals surface area contributed by atoms with E-state index in [2.05, 4.69) is 10.6 Å². The molecule has 0 radical (unpaired) electrons. The predicted molar refractivity (Wildman–Crippen MR) is 124 cm³/mol. The van der Waals surface area contributed by atoms with E-state index in [1.54, 1.807) is 61.7 Å². The standard InChI is InChI=1S/C22H18Cl2N2O3S/c1-28-15-9-11-16(12-10-15)29-13-14-5-2-3-6-17(14)21(27)26-22(30)25-20-18(23)7-4-8-19(20)24/h2-12H,13H2,1H3,(H2,25,26,27,30). The zero-order chi connectivity index (χ0) is 21.5. The van der Waals surface area contributed by atoms with E-state index in [1.807, 2.05) is 12.1 Å². The maximum atomic E-state index is 12.8. The molecule has 0 aromatic heterocycles. The molecule has 0 aliphatic carbocycles. The summed E-state index contributed by atoms with van der Waals surface area (Å²) in [5.41, 5.74) is 1.59. The number of methoxy groups -OCH3 is 1. The Morgan fingerprint density at radius 1 is 0.933 bits per heavy atom. The molecule has 0 aliphatic rings. The summed E-state index contributed by atoms with van der Waals surface area (Å²) < 4.78 is 10.9. The van der Waals surface area contributed by atoms with Gasteiger partial charge in [0.15, 0.2) is 5.11 Å². The highest BCUT2D eigenvalue weighted by Gasteiger charge is 2.14. The van der Waals surface area contributed by atoms with Crippen LogP contribution in [0.2, 0.25) is 10.0 Å². The lowest BCUT2D eigenvalue weighted by Crippen LogP contribution is -2.34. The fraction of sp³-hybridized carbons (Fsp3) is 0.0909. The van der Waals surface area contributed by atoms with Gasteiger partial charge in [0, 0.05) is 11.1 Å². The van der Waals surface area contributed by atoms with Crippen LogP contribution in [0.3, 0.4) is 0 Å². The number of amides is 1. The Labute approximate surface area is 189 Å². The highest BCUT2D eigenvalue weighted by molar-refractivity contribution is 7.80. The summed E-state index contributed by atoms with van der Waals surface area (Å²) in [6.45, 7) is 0.215. The first-order chi connectivity index (χ1) is 14.5. The average molecular weight is 461 g/mol. The first-order valence-electron chi connectivity index (χ1n) is 8.89. The lowest BCUT2D eigenvalue weighted by Gasteiger charge is -2.14. The van der Waals surface area contributed by atoms with E-state index >= 15 is 0 Å². The highest BCUT2D eigenvalue weighted by atomic mass is 35.5. The average Bonchev–Trinajstić information content (AvgIpc) is 2.75. The first-order valence-corrected chi connectivity index (χ1v) is 10.1. The summed E-state index contributed by atoms with van der Waals surface area (Å²) in [5.74, 6) is 1.03. The Morgan fingerprint density at radius 2 is 1.57 bits per heavy atom. The molecule has 3 rings (SSSR count). The van der Waals surface area contributed by atoms with Gasteiger partial charge in [-0.25, -0.2) is 0 Å². The Balaban J connectivity index is 1.66. The second-order valence-corrected chi connectivity index (χ2v) is 7.35. The number of hydrogen-bond acceptors (Lipinski definition) is 4. The smallest absolute Gasteiger partial charge is 0.257 e. The fourth-order valence-electron chi connectivity index (χ4n) is 2.63. The predicted octanol–water partition coefficient (Wildman–Crippen LogP) is 5.71. The molecule has 3 aromatic rings. The molecule has 154 valence electrons. The van der Waals surface area contributed by atoms with Crippen LogP contribution in [0.1, 0.15) is 15.9 Å². The summed E-state index contributed by atoms with van der Waals surface area (Å²) in [7, 11) is 1.60. The van der Waals surface area contributed by atoms with Gasteiger partial charge >= 0.3 is 0 Å². The van der Waals surface area contributed by atoms with Gasteiger partial charge in [-0.15, -0.1) is 0 Å². The van der Waals surface area contributed by atoms with Crippen molar-refractivity contribution in [3.05, 3.63) is 87.9 Å². The number of thiocarbonyl (C=S) groups is 1. The van der Waals surface area contributed by atoms with Crippen LogP contribution >= 0.6 is 35.4 Å². The minimum Gasteiger partial charge on any atom is -0.497 e. The number of benzene rings is 3. The third-order valence-electron chi connectivity index (χ3n) is 4.14. The second kappa shape index (κ2) is 10.3. The summed E-state index contributed by atoms with van der Waals surface area (Å²) >= 11 is 17.5. The molecule has 0 saturated carbocycles. The van der Waals surface area contributed by atoms with Gasteiger partial charge in [-0.2, -0.15) is 0 Å². The summed E-state index contributed by atoms with van der Waals surface area (Å²) in [6.07, 6.45) is 0. The maximum absolute atomic E-state index is 12.8. The van der Waals surface area contributed by atoms with E-state index in [9.17, 15) is 4.79 Å². The zero-order valence-corrected chi connectivity index (χ0v) is 18.3. The molecule has 5 nitrogen and oxygen atoms in total. The number of hydrogen-bond donors (Lipinski definition) is 2. The Kier molecular flexibility index (Phi) is 7.52. The quantitative estimate of drug-likeness (QED) is 0.461. The van der Waals surface area contributed by atoms with Crippen LogP contribution in [0, 0.1) is 0 Å². The monoisotopic (exact) mass is 460 g/mol. The van der Waals surface area contributed by atoms with Crippen LogP contribution in [0.15, 0.2) is 66.7 Å². The zero-order valence-electron chi connectivity index (χ0n) is 15.9. The van der Waals surface area contributed by atoms with Crippen LogP contribution in [0.4, 0.5) is 5.69 Å². The Bertz CT molecular complexity index is 1040. The number of rotatable bonds is 6. The summed E-state index contributed by atoms with van der Waals surface area (Å²) in [6, 6.07) is 19.4. The molecule has 0 bridgehead atoms. The lowest BCUT2D eigenvalue weighted by atomic mass is 10.1. The number of carbonyl (C=O) groups excluding carboxylic acids is 1. The van der Waals surface area contributed by atoms with Crippen LogP contribution in [0.25, 0.3) is 0 Å². The molecular weight excluding hydrogens is 443 g/mol. The third-order valence-corrected chi connectivity index (χ3v) is 4.98. The number of carbonyl (C=O) groups is 1. The van der Waals surface area contributed by atoms with Crippen molar-refractivity contribution in [2.24, 2.45) is 0 Å². The number of nitrogens with one attached hydrogen (secondary N) is 2. The van der Waals surface area contributed by atoms with Crippen molar-refractivity contribution < 1.29 is 14.3 Å². The van der Waals surface area contributed by atoms with Crippen molar-refractivity contribution in [1.82, 2.24) is 5.32 Å². The largest absolute Gasteiger partial charge is 0.497 e. The SMILES string of the molecule is COc1ccc(OCc2ccccc2C(=O)NC(=S)Nc2c(Cl)cccc2Cl)cc1. The van der Waals surface area contributed by atoms with Crippen LogP contribution in [0.5, 0.6) is 11.5 Å². The van der Waals surface area contributed by atoms with Crippen molar-refractivity contribution in [2.75, 3.05) is 12.4 Å². The molecule has 0 fully saturated rings. The highest BCUT2D eigenvalue weighted by Crippen LogP contribution is 2.29. The molecule has 0 saturated heterocycles. The normalized spacial score (nSPS) is 10.2. The molecule has 0 unspecified atom stereocenters. The van der Waals surface area contributed by atoms with Crippen molar-refractivity contribution in [3.8, 4) is 11.5 Å². The van der Waals surface area contributed by atoms with Gasteiger partial charge in [-0.3, -0.25) is 10.1 Å². The number of anilines is 1. The first kappa shape index (κ1) is 21.9. The topological polar surface area (TPSA) is 59.6 Å². The van der Waals surface area contributed by atoms with E-state index < -0.39 is 0 Å². The molecule has 3 aromatic carbocycles. The minimum atomic E-state index is -0.371. The van der Waals surface area contributed by atoms with Crippen molar-refractivity contribution >= 4 is 52.1 Å². The molecular formula is C22H18Cl2N2O3S. The van der Waals surface area contributed by atoms with Gasteiger partial charge in [0.2, 0.25) is 0 Å². The number of ether oxygens (including phenoxy) is 2. The molecule has 0 heterocycles. The number of para-hydroxylation sites is 1. The minimum absolute atomic E-state index is 0.0841. The van der Waals surface area contributed by atoms with E-state index in [0.29, 0.717) is 32.6 Å². The van der Waals surface area contributed by atoms with Gasteiger partial charge in [-0.05, 0) is 54.7 Å². The molecule has 1 amide bonds. The molecule has 0 aliphatic heterocycles. The molecule has 30 heavy (non-hydrogen) atoms. The summed E-state index contributed by atoms with van der Waals surface area (Å²) in [5, 5.41) is 6.38.